The third-order valence-electron chi connectivity index (χ3n) is 6.49. The molecule has 0 unspecified atom stereocenters. The van der Waals surface area contributed by atoms with Crippen molar-refractivity contribution in [3.63, 3.8) is 0 Å². The van der Waals surface area contributed by atoms with Crippen molar-refractivity contribution in [2.75, 3.05) is 30.8 Å². The second kappa shape index (κ2) is 14.2. The van der Waals surface area contributed by atoms with Crippen molar-refractivity contribution in [1.29, 1.82) is 0 Å². The summed E-state index contributed by atoms with van der Waals surface area (Å²) in [6, 6.07) is 20.6. The molecule has 1 atom stereocenters. The molecule has 0 aromatic heterocycles. The quantitative estimate of drug-likeness (QED) is 0.317. The van der Waals surface area contributed by atoms with Crippen molar-refractivity contribution in [2.24, 2.45) is 0 Å². The molecule has 10 heteroatoms. The molecule has 0 aliphatic rings. The topological polar surface area (TPSA) is 96.0 Å². The molecule has 0 saturated carbocycles. The summed E-state index contributed by atoms with van der Waals surface area (Å²) in [6.45, 7) is 3.66. The predicted octanol–water partition coefficient (Wildman–Crippen LogP) is 4.59. The van der Waals surface area contributed by atoms with Gasteiger partial charge >= 0.3 is 0 Å². The Balaban J connectivity index is 2.08. The Morgan fingerprint density at radius 3 is 2.33 bits per heavy atom. The van der Waals surface area contributed by atoms with Gasteiger partial charge in [0, 0.05) is 24.5 Å². The fraction of sp³-hybridized carbons (Fsp3) is 0.333. The third kappa shape index (κ3) is 8.22. The summed E-state index contributed by atoms with van der Waals surface area (Å²) in [7, 11) is -2.33. The van der Waals surface area contributed by atoms with Crippen molar-refractivity contribution in [3.8, 4) is 5.75 Å². The molecule has 3 aromatic rings. The maximum atomic E-state index is 14.1. The average molecular weight is 586 g/mol. The monoisotopic (exact) mass is 585 g/mol. The maximum absolute atomic E-state index is 14.1. The van der Waals surface area contributed by atoms with Crippen molar-refractivity contribution < 1.29 is 22.7 Å². The Morgan fingerprint density at radius 1 is 1.00 bits per heavy atom. The Hall–Kier alpha value is -3.56. The van der Waals surface area contributed by atoms with Crippen LogP contribution in [0.4, 0.5) is 5.69 Å². The van der Waals surface area contributed by atoms with Gasteiger partial charge in [-0.05, 0) is 54.3 Å². The van der Waals surface area contributed by atoms with Crippen LogP contribution < -0.4 is 14.4 Å². The van der Waals surface area contributed by atoms with E-state index in [4.69, 9.17) is 16.3 Å². The standard InChI is InChI=1S/C30H36ClN3O5S/c1-5-17-32-30(36)28(19-23-11-7-6-8-12-23)33(20-24-13-9-14-25(18-24)39-3)29(35)21-34(40(4,37)38)27-16-10-15-26(31)22(27)2/h6-16,18,28H,5,17,19-21H2,1-4H3,(H,32,36)/t28-/m0/s1. The van der Waals surface area contributed by atoms with Crippen LogP contribution in [-0.2, 0) is 32.6 Å². The SMILES string of the molecule is CCCNC(=O)[C@H](Cc1ccccc1)N(Cc1cccc(OC)c1)C(=O)CN(c1cccc(Cl)c1C)S(C)(=O)=O. The smallest absolute Gasteiger partial charge is 0.244 e. The first-order valence-electron chi connectivity index (χ1n) is 13.0. The number of rotatable bonds is 13. The zero-order valence-corrected chi connectivity index (χ0v) is 24.8. The average Bonchev–Trinajstić information content (AvgIpc) is 2.94. The number of hydrogen-bond acceptors (Lipinski definition) is 5. The summed E-state index contributed by atoms with van der Waals surface area (Å²) in [5.41, 5.74) is 2.44. The molecule has 0 bridgehead atoms. The number of carbonyl (C=O) groups is 2. The molecule has 0 aliphatic heterocycles. The molecular weight excluding hydrogens is 550 g/mol. The molecule has 1 N–H and O–H groups in total. The van der Waals surface area contributed by atoms with Crippen LogP contribution in [0.15, 0.2) is 72.8 Å². The van der Waals surface area contributed by atoms with Crippen LogP contribution in [0, 0.1) is 6.92 Å². The number of hydrogen-bond donors (Lipinski definition) is 1. The lowest BCUT2D eigenvalue weighted by Crippen LogP contribution is -2.53. The highest BCUT2D eigenvalue weighted by Gasteiger charge is 2.33. The second-order valence-electron chi connectivity index (χ2n) is 9.52. The van der Waals surface area contributed by atoms with Gasteiger partial charge in [-0.3, -0.25) is 13.9 Å². The Morgan fingerprint density at radius 2 is 1.68 bits per heavy atom. The molecule has 0 heterocycles. The first-order valence-corrected chi connectivity index (χ1v) is 15.2. The molecule has 0 spiro atoms. The summed E-state index contributed by atoms with van der Waals surface area (Å²) in [5.74, 6) is -0.237. The fourth-order valence-electron chi connectivity index (χ4n) is 4.35. The van der Waals surface area contributed by atoms with Gasteiger partial charge in [-0.1, -0.05) is 67.1 Å². The van der Waals surface area contributed by atoms with Gasteiger partial charge in [-0.15, -0.1) is 0 Å². The summed E-state index contributed by atoms with van der Waals surface area (Å²) in [5, 5.41) is 3.30. The fourth-order valence-corrected chi connectivity index (χ4v) is 5.42. The van der Waals surface area contributed by atoms with Gasteiger partial charge < -0.3 is 15.0 Å². The number of nitrogens with one attached hydrogen (secondary N) is 1. The first kappa shape index (κ1) is 31.0. The van der Waals surface area contributed by atoms with Crippen LogP contribution in [0.1, 0.15) is 30.0 Å². The molecule has 2 amide bonds. The second-order valence-corrected chi connectivity index (χ2v) is 11.8. The predicted molar refractivity (Wildman–Crippen MR) is 159 cm³/mol. The molecule has 0 radical (unpaired) electrons. The number of halogens is 1. The number of carbonyl (C=O) groups excluding carboxylic acids is 2. The van der Waals surface area contributed by atoms with E-state index in [1.54, 1.807) is 50.4 Å². The molecule has 0 fully saturated rings. The number of benzene rings is 3. The number of amides is 2. The van der Waals surface area contributed by atoms with Crippen LogP contribution >= 0.6 is 11.6 Å². The van der Waals surface area contributed by atoms with E-state index >= 15 is 0 Å². The Bertz CT molecular complexity index is 1420. The molecule has 40 heavy (non-hydrogen) atoms. The summed E-state index contributed by atoms with van der Waals surface area (Å²) < 4.78 is 32.3. The lowest BCUT2D eigenvalue weighted by molar-refractivity contribution is -0.140. The minimum atomic E-state index is -3.88. The number of methoxy groups -OCH3 is 1. The van der Waals surface area contributed by atoms with E-state index in [1.165, 1.54) is 4.90 Å². The van der Waals surface area contributed by atoms with Crippen LogP contribution in [0.5, 0.6) is 5.75 Å². The van der Waals surface area contributed by atoms with Gasteiger partial charge in [0.15, 0.2) is 0 Å². The van der Waals surface area contributed by atoms with E-state index < -0.39 is 28.5 Å². The molecule has 3 rings (SSSR count). The minimum Gasteiger partial charge on any atom is -0.497 e. The first-order chi connectivity index (χ1) is 19.0. The third-order valence-corrected chi connectivity index (χ3v) is 8.03. The van der Waals surface area contributed by atoms with Crippen molar-refractivity contribution in [1.82, 2.24) is 10.2 Å². The van der Waals surface area contributed by atoms with Crippen LogP contribution in [-0.4, -0.2) is 57.6 Å². The highest BCUT2D eigenvalue weighted by atomic mass is 35.5. The van der Waals surface area contributed by atoms with E-state index in [1.807, 2.05) is 43.3 Å². The van der Waals surface area contributed by atoms with E-state index in [0.29, 0.717) is 28.6 Å². The van der Waals surface area contributed by atoms with Gasteiger partial charge in [-0.2, -0.15) is 0 Å². The van der Waals surface area contributed by atoms with Gasteiger partial charge in [0.2, 0.25) is 21.8 Å². The minimum absolute atomic E-state index is 0.0687. The molecule has 3 aromatic carbocycles. The van der Waals surface area contributed by atoms with Crippen LogP contribution in [0.3, 0.4) is 0 Å². The molecular formula is C30H36ClN3O5S. The van der Waals surface area contributed by atoms with Gasteiger partial charge in [0.1, 0.15) is 18.3 Å². The lowest BCUT2D eigenvalue weighted by atomic mass is 10.0. The number of nitrogens with zero attached hydrogens (tertiary/aromatic N) is 2. The van der Waals surface area contributed by atoms with Crippen molar-refractivity contribution in [2.45, 2.75) is 39.3 Å². The number of ether oxygens (including phenoxy) is 1. The highest BCUT2D eigenvalue weighted by molar-refractivity contribution is 7.92. The van der Waals surface area contributed by atoms with Crippen molar-refractivity contribution >= 4 is 39.1 Å². The molecule has 214 valence electrons. The van der Waals surface area contributed by atoms with Gasteiger partial charge in [0.25, 0.3) is 0 Å². The Labute approximate surface area is 241 Å². The van der Waals surface area contributed by atoms with Crippen LogP contribution in [0.25, 0.3) is 0 Å². The Kier molecular flexibility index (Phi) is 11.0. The number of sulfonamides is 1. The summed E-state index contributed by atoms with van der Waals surface area (Å²) >= 11 is 6.29. The van der Waals surface area contributed by atoms with E-state index in [9.17, 15) is 18.0 Å². The highest BCUT2D eigenvalue weighted by Crippen LogP contribution is 2.29. The molecule has 0 saturated heterocycles. The summed E-state index contributed by atoms with van der Waals surface area (Å²) in [4.78, 5) is 29.1. The zero-order chi connectivity index (χ0) is 29.3. The number of anilines is 1. The van der Waals surface area contributed by atoms with E-state index in [0.717, 1.165) is 28.1 Å². The van der Waals surface area contributed by atoms with Gasteiger partial charge in [-0.25, -0.2) is 8.42 Å². The van der Waals surface area contributed by atoms with Crippen LogP contribution in [0.2, 0.25) is 5.02 Å². The van der Waals surface area contributed by atoms with E-state index in [2.05, 4.69) is 5.32 Å². The zero-order valence-electron chi connectivity index (χ0n) is 23.3. The largest absolute Gasteiger partial charge is 0.497 e. The molecule has 8 nitrogen and oxygen atoms in total. The normalized spacial score (nSPS) is 11.9. The molecule has 0 aliphatic carbocycles. The summed E-state index contributed by atoms with van der Waals surface area (Å²) in [6.07, 6.45) is 2.02. The maximum Gasteiger partial charge on any atom is 0.244 e. The van der Waals surface area contributed by atoms with Gasteiger partial charge in [0.05, 0.1) is 19.1 Å². The lowest BCUT2D eigenvalue weighted by Gasteiger charge is -2.34. The van der Waals surface area contributed by atoms with E-state index in [-0.39, 0.29) is 18.9 Å². The van der Waals surface area contributed by atoms with Crippen molar-refractivity contribution in [3.05, 3.63) is 94.5 Å².